The fourth-order valence-electron chi connectivity index (χ4n) is 2.55. The van der Waals surface area contributed by atoms with E-state index in [2.05, 4.69) is 4.98 Å². The third kappa shape index (κ3) is 3.52. The summed E-state index contributed by atoms with van der Waals surface area (Å²) in [5.74, 6) is 0.527. The zero-order valence-electron chi connectivity index (χ0n) is 12.3. The van der Waals surface area contributed by atoms with Crippen molar-refractivity contribution in [2.24, 2.45) is 5.92 Å². The summed E-state index contributed by atoms with van der Waals surface area (Å²) in [6.45, 7) is 0. The summed E-state index contributed by atoms with van der Waals surface area (Å²) in [5, 5.41) is 0.770. The van der Waals surface area contributed by atoms with E-state index in [9.17, 15) is 8.42 Å². The Morgan fingerprint density at radius 3 is 2.41 bits per heavy atom. The van der Waals surface area contributed by atoms with Gasteiger partial charge in [-0.1, -0.05) is 55.3 Å². The highest BCUT2D eigenvalue weighted by atomic mass is 32.3. The van der Waals surface area contributed by atoms with Crippen LogP contribution >= 0.6 is 11.8 Å². The molecular weight excluding hydrogens is 314 g/mol. The molecule has 1 aliphatic rings. The Balaban J connectivity index is 1.87. The molecule has 0 bridgehead atoms. The highest BCUT2D eigenvalue weighted by molar-refractivity contribution is 8.13. The van der Waals surface area contributed by atoms with E-state index in [0.717, 1.165) is 17.9 Å². The zero-order valence-corrected chi connectivity index (χ0v) is 13.9. The monoisotopic (exact) mass is 333 g/mol. The number of aromatic nitrogens is 1. The standard InChI is InChI=1S/C17H19NO2S2/c19-22(20,15-9-2-1-3-10-15)17(13-14-7-6-8-14)21-16-11-4-5-12-18-16/h1-5,9-12,14,17H,6-8,13H2. The van der Waals surface area contributed by atoms with Crippen LogP contribution < -0.4 is 0 Å². The molecule has 1 unspecified atom stereocenters. The summed E-state index contributed by atoms with van der Waals surface area (Å²) < 4.78 is 25.5. The molecule has 1 fully saturated rings. The predicted molar refractivity (Wildman–Crippen MR) is 89.5 cm³/mol. The molecule has 1 aromatic heterocycles. The lowest BCUT2D eigenvalue weighted by Crippen LogP contribution is -2.24. The molecule has 3 nitrogen and oxygen atoms in total. The van der Waals surface area contributed by atoms with Gasteiger partial charge in [0, 0.05) is 6.20 Å². The normalized spacial score (nSPS) is 16.9. The minimum Gasteiger partial charge on any atom is -0.250 e. The van der Waals surface area contributed by atoms with Gasteiger partial charge in [0.1, 0.15) is 4.58 Å². The zero-order chi connectivity index (χ0) is 15.4. The van der Waals surface area contributed by atoms with Gasteiger partial charge in [-0.15, -0.1) is 0 Å². The van der Waals surface area contributed by atoms with Crippen molar-refractivity contribution in [1.29, 1.82) is 0 Å². The highest BCUT2D eigenvalue weighted by Gasteiger charge is 2.33. The molecule has 116 valence electrons. The van der Waals surface area contributed by atoms with Crippen LogP contribution in [0.2, 0.25) is 0 Å². The second kappa shape index (κ2) is 6.84. The summed E-state index contributed by atoms with van der Waals surface area (Å²) in [5.41, 5.74) is 0. The average Bonchev–Trinajstić information content (AvgIpc) is 2.51. The molecule has 0 N–H and O–H groups in total. The number of hydrogen-bond acceptors (Lipinski definition) is 4. The third-order valence-corrected chi connectivity index (χ3v) is 7.86. The summed E-state index contributed by atoms with van der Waals surface area (Å²) >= 11 is 1.37. The number of nitrogens with zero attached hydrogens (tertiary/aromatic N) is 1. The van der Waals surface area contributed by atoms with Crippen molar-refractivity contribution < 1.29 is 8.42 Å². The van der Waals surface area contributed by atoms with E-state index in [4.69, 9.17) is 0 Å². The molecule has 0 aliphatic heterocycles. The third-order valence-electron chi connectivity index (χ3n) is 4.06. The number of hydrogen-bond donors (Lipinski definition) is 0. The van der Waals surface area contributed by atoms with Gasteiger partial charge in [-0.05, 0) is 36.6 Å². The summed E-state index contributed by atoms with van der Waals surface area (Å²) in [7, 11) is -3.35. The van der Waals surface area contributed by atoms with Gasteiger partial charge in [-0.2, -0.15) is 0 Å². The van der Waals surface area contributed by atoms with Crippen LogP contribution in [0.25, 0.3) is 0 Å². The lowest BCUT2D eigenvalue weighted by atomic mass is 9.83. The number of thioether (sulfide) groups is 1. The van der Waals surface area contributed by atoms with E-state index in [-0.39, 0.29) is 0 Å². The Bertz CT molecular complexity index is 698. The van der Waals surface area contributed by atoms with Gasteiger partial charge in [0.05, 0.1) is 9.92 Å². The quantitative estimate of drug-likeness (QED) is 0.745. The Morgan fingerprint density at radius 1 is 1.09 bits per heavy atom. The lowest BCUT2D eigenvalue weighted by molar-refractivity contribution is 0.303. The molecule has 1 aliphatic carbocycles. The second-order valence-electron chi connectivity index (χ2n) is 5.61. The predicted octanol–water partition coefficient (Wildman–Crippen LogP) is 4.16. The molecule has 1 saturated carbocycles. The summed E-state index contributed by atoms with van der Waals surface area (Å²) in [6.07, 6.45) is 5.92. The van der Waals surface area contributed by atoms with E-state index in [1.54, 1.807) is 30.5 Å². The van der Waals surface area contributed by atoms with Crippen LogP contribution in [0, 0.1) is 5.92 Å². The number of benzene rings is 1. The van der Waals surface area contributed by atoms with Gasteiger partial charge >= 0.3 is 0 Å². The van der Waals surface area contributed by atoms with Crippen LogP contribution in [0.15, 0.2) is 64.6 Å². The molecule has 1 aromatic carbocycles. The van der Waals surface area contributed by atoms with Crippen LogP contribution in [0.1, 0.15) is 25.7 Å². The molecule has 2 aromatic rings. The van der Waals surface area contributed by atoms with Gasteiger partial charge in [-0.25, -0.2) is 13.4 Å². The SMILES string of the molecule is O=S(=O)(c1ccccc1)C(CC1CCC1)Sc1ccccn1. The molecule has 0 amide bonds. The first-order valence-corrected chi connectivity index (χ1v) is 9.95. The molecule has 0 spiro atoms. The van der Waals surface area contributed by atoms with Crippen molar-refractivity contribution in [3.8, 4) is 0 Å². The topological polar surface area (TPSA) is 47.0 Å². The largest absolute Gasteiger partial charge is 0.250 e. The minimum absolute atomic E-state index is 0.405. The molecule has 22 heavy (non-hydrogen) atoms. The van der Waals surface area contributed by atoms with Gasteiger partial charge in [0.15, 0.2) is 9.84 Å². The Labute approximate surface area is 136 Å². The Morgan fingerprint density at radius 2 is 1.82 bits per heavy atom. The van der Waals surface area contributed by atoms with Crippen LogP contribution in [0.5, 0.6) is 0 Å². The first kappa shape index (κ1) is 15.6. The molecule has 3 rings (SSSR count). The fourth-order valence-corrected chi connectivity index (χ4v) is 5.97. The first-order chi connectivity index (χ1) is 10.7. The molecule has 5 heteroatoms. The lowest BCUT2D eigenvalue weighted by Gasteiger charge is -2.29. The Hall–Kier alpha value is -1.33. The van der Waals surface area contributed by atoms with Crippen molar-refractivity contribution in [3.05, 3.63) is 54.7 Å². The molecule has 1 heterocycles. The van der Waals surface area contributed by atoms with Crippen LogP contribution in [-0.4, -0.2) is 18.0 Å². The van der Waals surface area contributed by atoms with Gasteiger partial charge < -0.3 is 0 Å². The molecule has 0 saturated heterocycles. The van der Waals surface area contributed by atoms with Crippen molar-refractivity contribution >= 4 is 21.6 Å². The summed E-state index contributed by atoms with van der Waals surface area (Å²) in [4.78, 5) is 4.68. The first-order valence-electron chi connectivity index (χ1n) is 7.53. The fraction of sp³-hybridized carbons (Fsp3) is 0.353. The van der Waals surface area contributed by atoms with E-state index < -0.39 is 14.4 Å². The van der Waals surface area contributed by atoms with Crippen LogP contribution in [0.3, 0.4) is 0 Å². The van der Waals surface area contributed by atoms with Crippen molar-refractivity contribution in [2.45, 2.75) is 40.2 Å². The summed E-state index contributed by atoms with van der Waals surface area (Å²) in [6, 6.07) is 14.4. The van der Waals surface area contributed by atoms with E-state index in [1.165, 1.54) is 18.2 Å². The minimum atomic E-state index is -3.35. The van der Waals surface area contributed by atoms with Gasteiger partial charge in [0.25, 0.3) is 0 Å². The maximum Gasteiger partial charge on any atom is 0.190 e. The molecule has 0 radical (unpaired) electrons. The van der Waals surface area contributed by atoms with Gasteiger partial charge in [-0.3, -0.25) is 0 Å². The van der Waals surface area contributed by atoms with Crippen molar-refractivity contribution in [1.82, 2.24) is 4.98 Å². The van der Waals surface area contributed by atoms with Crippen LogP contribution in [0.4, 0.5) is 0 Å². The Kier molecular flexibility index (Phi) is 4.84. The molecular formula is C17H19NO2S2. The number of rotatable bonds is 6. The maximum atomic E-state index is 13.0. The smallest absolute Gasteiger partial charge is 0.190 e. The van der Waals surface area contributed by atoms with E-state index >= 15 is 0 Å². The molecule has 1 atom stereocenters. The van der Waals surface area contributed by atoms with E-state index in [0.29, 0.717) is 17.2 Å². The number of pyridine rings is 1. The number of sulfone groups is 1. The van der Waals surface area contributed by atoms with Gasteiger partial charge in [0.2, 0.25) is 0 Å². The van der Waals surface area contributed by atoms with Crippen molar-refractivity contribution in [2.75, 3.05) is 0 Å². The van der Waals surface area contributed by atoms with Crippen LogP contribution in [-0.2, 0) is 9.84 Å². The maximum absolute atomic E-state index is 13.0. The van der Waals surface area contributed by atoms with E-state index in [1.807, 2.05) is 24.3 Å². The van der Waals surface area contributed by atoms with Crippen molar-refractivity contribution in [3.63, 3.8) is 0 Å². The second-order valence-corrected chi connectivity index (χ2v) is 9.26. The highest BCUT2D eigenvalue weighted by Crippen LogP contribution is 2.39. The average molecular weight is 333 g/mol.